The first-order valence-electron chi connectivity index (χ1n) is 8.44. The van der Waals surface area contributed by atoms with Gasteiger partial charge >= 0.3 is 0 Å². The zero-order chi connectivity index (χ0) is 16.9. The highest BCUT2D eigenvalue weighted by Gasteiger charge is 2.29. The van der Waals surface area contributed by atoms with Gasteiger partial charge in [0.25, 0.3) is 0 Å². The van der Waals surface area contributed by atoms with Crippen molar-refractivity contribution in [2.45, 2.75) is 45.6 Å². The Morgan fingerprint density at radius 1 is 1.30 bits per heavy atom. The number of rotatable bonds is 6. The molecule has 1 aliphatic rings. The Labute approximate surface area is 144 Å². The van der Waals surface area contributed by atoms with Gasteiger partial charge in [0.05, 0.1) is 12.2 Å². The molecule has 126 valence electrons. The van der Waals surface area contributed by atoms with Crippen LogP contribution in [0.2, 0.25) is 5.02 Å². The number of likely N-dealkylation sites (tertiary alicyclic amines) is 1. The molecule has 4 heteroatoms. The van der Waals surface area contributed by atoms with Gasteiger partial charge in [0, 0.05) is 18.0 Å². The van der Waals surface area contributed by atoms with E-state index in [0.29, 0.717) is 17.4 Å². The van der Waals surface area contributed by atoms with E-state index >= 15 is 0 Å². The second-order valence-corrected chi connectivity index (χ2v) is 7.87. The van der Waals surface area contributed by atoms with Crippen molar-refractivity contribution in [3.63, 3.8) is 0 Å². The molecule has 1 fully saturated rings. The number of nitriles is 1. The summed E-state index contributed by atoms with van der Waals surface area (Å²) in [5.41, 5.74) is 1.14. The van der Waals surface area contributed by atoms with Crippen LogP contribution in [0.4, 0.5) is 0 Å². The first-order valence-corrected chi connectivity index (χ1v) is 8.82. The molecule has 0 saturated carbocycles. The molecule has 1 unspecified atom stereocenters. The molecule has 1 heterocycles. The Morgan fingerprint density at radius 3 is 2.48 bits per heavy atom. The van der Waals surface area contributed by atoms with Gasteiger partial charge in [0.1, 0.15) is 0 Å². The number of aliphatic hydroxyl groups excluding tert-OH is 1. The fourth-order valence-electron chi connectivity index (χ4n) is 3.44. The summed E-state index contributed by atoms with van der Waals surface area (Å²) in [7, 11) is 0. The quantitative estimate of drug-likeness (QED) is 0.837. The van der Waals surface area contributed by atoms with E-state index in [9.17, 15) is 5.11 Å². The Hall–Kier alpha value is -1.08. The van der Waals surface area contributed by atoms with Crippen LogP contribution in [0.3, 0.4) is 0 Å². The van der Waals surface area contributed by atoms with Crippen molar-refractivity contribution in [1.29, 1.82) is 5.26 Å². The van der Waals surface area contributed by atoms with Crippen molar-refractivity contribution in [3.8, 4) is 6.07 Å². The summed E-state index contributed by atoms with van der Waals surface area (Å²) in [4.78, 5) is 2.47. The van der Waals surface area contributed by atoms with Crippen LogP contribution in [0.25, 0.3) is 0 Å². The third kappa shape index (κ3) is 5.49. The summed E-state index contributed by atoms with van der Waals surface area (Å²) in [6.45, 7) is 7.53. The van der Waals surface area contributed by atoms with Crippen LogP contribution >= 0.6 is 11.6 Å². The minimum atomic E-state index is -0.402. The van der Waals surface area contributed by atoms with Crippen molar-refractivity contribution in [2.75, 3.05) is 19.6 Å². The maximum Gasteiger partial charge on any atom is 0.0819 e. The van der Waals surface area contributed by atoms with Gasteiger partial charge in [0.2, 0.25) is 0 Å². The van der Waals surface area contributed by atoms with Crippen molar-refractivity contribution in [2.24, 2.45) is 11.3 Å². The molecule has 3 nitrogen and oxygen atoms in total. The fraction of sp³-hybridized carbons (Fsp3) is 0.632. The third-order valence-electron chi connectivity index (χ3n) is 4.86. The predicted octanol–water partition coefficient (Wildman–Crippen LogP) is 4.42. The number of piperidine rings is 1. The average molecular weight is 335 g/mol. The summed E-state index contributed by atoms with van der Waals surface area (Å²) in [6, 6.07) is 9.77. The molecule has 1 aliphatic heterocycles. The molecule has 1 atom stereocenters. The van der Waals surface area contributed by atoms with Crippen LogP contribution in [0.15, 0.2) is 24.3 Å². The van der Waals surface area contributed by atoms with Gasteiger partial charge in [0.15, 0.2) is 0 Å². The standard InChI is InChI=1S/C19H27ClN2O/c1-19(2,10-3-11-21)14-22-12-8-16(9-13-22)18(23)15-4-6-17(20)7-5-15/h4-7,16,18,23H,3,8-10,12-14H2,1-2H3. The molecule has 1 saturated heterocycles. The molecule has 0 aromatic heterocycles. The predicted molar refractivity (Wildman–Crippen MR) is 94.2 cm³/mol. The monoisotopic (exact) mass is 334 g/mol. The van der Waals surface area contributed by atoms with Gasteiger partial charge in [-0.1, -0.05) is 37.6 Å². The van der Waals surface area contributed by atoms with Gasteiger partial charge in [-0.05, 0) is 61.4 Å². The molecule has 0 radical (unpaired) electrons. The highest BCUT2D eigenvalue weighted by Crippen LogP contribution is 2.33. The Bertz CT molecular complexity index is 527. The highest BCUT2D eigenvalue weighted by molar-refractivity contribution is 6.30. The molecule has 0 aliphatic carbocycles. The Kier molecular flexibility index (Phi) is 6.47. The van der Waals surface area contributed by atoms with Crippen molar-refractivity contribution in [1.82, 2.24) is 4.90 Å². The van der Waals surface area contributed by atoms with Gasteiger partial charge < -0.3 is 10.0 Å². The van der Waals surface area contributed by atoms with Crippen molar-refractivity contribution >= 4 is 11.6 Å². The molecule has 1 aromatic carbocycles. The van der Waals surface area contributed by atoms with Crippen LogP contribution in [0.1, 0.15) is 51.2 Å². The van der Waals surface area contributed by atoms with Crippen LogP contribution in [-0.4, -0.2) is 29.6 Å². The number of aliphatic hydroxyl groups is 1. The smallest absolute Gasteiger partial charge is 0.0819 e. The van der Waals surface area contributed by atoms with Gasteiger partial charge in [-0.2, -0.15) is 5.26 Å². The van der Waals surface area contributed by atoms with E-state index in [1.807, 2.05) is 24.3 Å². The normalized spacial score (nSPS) is 18.6. The van der Waals surface area contributed by atoms with E-state index in [-0.39, 0.29) is 5.41 Å². The maximum absolute atomic E-state index is 10.6. The molecule has 1 aromatic rings. The topological polar surface area (TPSA) is 47.3 Å². The molecule has 23 heavy (non-hydrogen) atoms. The van der Waals surface area contributed by atoms with Gasteiger partial charge in [-0.15, -0.1) is 0 Å². The lowest BCUT2D eigenvalue weighted by Gasteiger charge is -2.38. The van der Waals surface area contributed by atoms with E-state index in [4.69, 9.17) is 16.9 Å². The minimum absolute atomic E-state index is 0.178. The van der Waals surface area contributed by atoms with Crippen LogP contribution in [-0.2, 0) is 0 Å². The summed E-state index contributed by atoms with van der Waals surface area (Å²) in [5.74, 6) is 0.314. The number of halogens is 1. The summed E-state index contributed by atoms with van der Waals surface area (Å²) < 4.78 is 0. The lowest BCUT2D eigenvalue weighted by atomic mass is 9.84. The van der Waals surface area contributed by atoms with Crippen molar-refractivity contribution in [3.05, 3.63) is 34.9 Å². The van der Waals surface area contributed by atoms with Gasteiger partial charge in [-0.25, -0.2) is 0 Å². The molecular formula is C19H27ClN2O. The SMILES string of the molecule is CC(C)(CCC#N)CN1CCC(C(O)c2ccc(Cl)cc2)CC1. The summed E-state index contributed by atoms with van der Waals surface area (Å²) in [5, 5.41) is 20.0. The Balaban J connectivity index is 1.84. The van der Waals surface area contributed by atoms with E-state index in [1.54, 1.807) is 0 Å². The summed E-state index contributed by atoms with van der Waals surface area (Å²) >= 11 is 5.91. The second-order valence-electron chi connectivity index (χ2n) is 7.43. The van der Waals surface area contributed by atoms with Crippen LogP contribution in [0, 0.1) is 22.7 Å². The Morgan fingerprint density at radius 2 is 1.91 bits per heavy atom. The number of nitrogens with zero attached hydrogens (tertiary/aromatic N) is 2. The maximum atomic E-state index is 10.6. The molecule has 0 spiro atoms. The molecular weight excluding hydrogens is 308 g/mol. The van der Waals surface area contributed by atoms with E-state index in [0.717, 1.165) is 44.5 Å². The van der Waals surface area contributed by atoms with Crippen molar-refractivity contribution < 1.29 is 5.11 Å². The van der Waals surface area contributed by atoms with E-state index in [2.05, 4.69) is 24.8 Å². The lowest BCUT2D eigenvalue weighted by molar-refractivity contribution is 0.0464. The average Bonchev–Trinajstić information content (AvgIpc) is 2.53. The second kappa shape index (κ2) is 8.15. The van der Waals surface area contributed by atoms with Crippen LogP contribution in [0.5, 0.6) is 0 Å². The molecule has 2 rings (SSSR count). The highest BCUT2D eigenvalue weighted by atomic mass is 35.5. The van der Waals surface area contributed by atoms with Gasteiger partial charge in [-0.3, -0.25) is 0 Å². The number of benzene rings is 1. The lowest BCUT2D eigenvalue weighted by Crippen LogP contribution is -2.41. The molecule has 1 N–H and O–H groups in total. The minimum Gasteiger partial charge on any atom is -0.388 e. The molecule has 0 bridgehead atoms. The number of hydrogen-bond acceptors (Lipinski definition) is 3. The first-order chi connectivity index (χ1) is 10.9. The molecule has 0 amide bonds. The van der Waals surface area contributed by atoms with E-state index < -0.39 is 6.10 Å². The van der Waals surface area contributed by atoms with E-state index in [1.165, 1.54) is 0 Å². The van der Waals surface area contributed by atoms with Crippen LogP contribution < -0.4 is 0 Å². The third-order valence-corrected chi connectivity index (χ3v) is 5.11. The number of hydrogen-bond donors (Lipinski definition) is 1. The largest absolute Gasteiger partial charge is 0.388 e. The zero-order valence-electron chi connectivity index (χ0n) is 14.1. The summed E-state index contributed by atoms with van der Waals surface area (Å²) in [6.07, 6.45) is 3.19. The zero-order valence-corrected chi connectivity index (χ0v) is 14.9. The first kappa shape index (κ1) is 18.3. The fourth-order valence-corrected chi connectivity index (χ4v) is 3.56.